The molecule has 5 N–H and O–H groups in total. The number of nitro benzene ring substituents is 1. The van der Waals surface area contributed by atoms with Crippen LogP contribution in [-0.2, 0) is 29.7 Å². The fraction of sp³-hybridized carbons (Fsp3) is 0.529. The summed E-state index contributed by atoms with van der Waals surface area (Å²) in [5.74, 6) is -1.23. The Kier molecular flexibility index (Phi) is 9.12. The summed E-state index contributed by atoms with van der Waals surface area (Å²) in [5, 5.41) is 30.9. The van der Waals surface area contributed by atoms with Crippen molar-refractivity contribution in [2.45, 2.75) is 53.0 Å². The molecule has 0 saturated carbocycles. The first kappa shape index (κ1) is 25.9. The number of benzene rings is 1. The van der Waals surface area contributed by atoms with Gasteiger partial charge < -0.3 is 10.2 Å². The number of rotatable bonds is 4. The van der Waals surface area contributed by atoms with E-state index >= 15 is 0 Å². The Hall–Kier alpha value is -2.14. The molecule has 0 fully saturated rings. The van der Waals surface area contributed by atoms with Gasteiger partial charge in [0.05, 0.1) is 4.92 Å². The van der Waals surface area contributed by atoms with Crippen molar-refractivity contribution < 1.29 is 47.5 Å². The molecule has 1 aromatic rings. The van der Waals surface area contributed by atoms with Gasteiger partial charge >= 0.3 is 33.5 Å². The third-order valence-electron chi connectivity index (χ3n) is 3.56. The predicted octanol–water partition coefficient (Wildman–Crippen LogP) is 2.01. The second-order valence-electron chi connectivity index (χ2n) is 8.10. The van der Waals surface area contributed by atoms with E-state index in [9.17, 15) is 25.1 Å². The van der Waals surface area contributed by atoms with Crippen molar-refractivity contribution in [2.75, 3.05) is 0 Å². The van der Waals surface area contributed by atoms with Gasteiger partial charge in [-0.15, -0.1) is 0 Å². The molecular formula is C17H27N2O8V+. The van der Waals surface area contributed by atoms with Gasteiger partial charge in [-0.2, -0.15) is 0 Å². The van der Waals surface area contributed by atoms with Crippen LogP contribution < -0.4 is 0 Å². The Labute approximate surface area is 168 Å². The van der Waals surface area contributed by atoms with E-state index in [-0.39, 0.29) is 17.0 Å². The standard InChI is InChI=1S/C17H24N2O5.2H2O.O.V/c1-16(2,3)12-8-11(19(23)24)7-10(13(12)20)9-18-14(15(21)22)17(4,5)6;;;;/h7-9,14,20H,1-6H3,(H,21,22);2*1H2;;/q;;;;+2/p-1/t14-;;;;/m1..../s1. The summed E-state index contributed by atoms with van der Waals surface area (Å²) >= 11 is -3.19. The molecule has 1 rings (SSSR count). The number of hydrogen-bond donors (Lipinski definition) is 3. The van der Waals surface area contributed by atoms with Crippen LogP contribution in [0.2, 0.25) is 0 Å². The molecule has 28 heavy (non-hydrogen) atoms. The van der Waals surface area contributed by atoms with E-state index in [1.54, 1.807) is 20.8 Å². The molecular weight excluding hydrogens is 411 g/mol. The maximum atomic E-state index is 11.4. The minimum atomic E-state index is -3.19. The van der Waals surface area contributed by atoms with E-state index in [2.05, 4.69) is 4.99 Å². The van der Waals surface area contributed by atoms with Crippen LogP contribution in [0.1, 0.15) is 52.7 Å². The first-order valence-corrected chi connectivity index (χ1v) is 10.0. The van der Waals surface area contributed by atoms with Crippen LogP contribution in [0.4, 0.5) is 5.69 Å². The SMILES string of the molecule is CC(C)(C)c1cc([N+](=O)[O-])cc(C=N[C@H](C(=O)O)C(C)(C)C)c1O.[O]=[V]([OH])[OH2+]. The molecule has 0 radical (unpaired) electrons. The Morgan fingerprint density at radius 2 is 1.75 bits per heavy atom. The third kappa shape index (κ3) is 8.26. The topological polar surface area (TPSA) is 173 Å². The summed E-state index contributed by atoms with van der Waals surface area (Å²) in [6, 6.07) is 1.48. The number of hydrogen-bond acceptors (Lipinski definition) is 6. The summed E-state index contributed by atoms with van der Waals surface area (Å²) in [4.78, 5) is 26.0. The average molecular weight is 438 g/mol. The van der Waals surface area contributed by atoms with Gasteiger partial charge in [-0.1, -0.05) is 41.5 Å². The van der Waals surface area contributed by atoms with E-state index < -0.39 is 43.6 Å². The number of carboxylic acids is 1. The summed E-state index contributed by atoms with van der Waals surface area (Å²) in [5.41, 5.74) is -0.798. The van der Waals surface area contributed by atoms with E-state index in [0.29, 0.717) is 5.56 Å². The molecule has 0 heterocycles. The minimum absolute atomic E-state index is 0.129. The van der Waals surface area contributed by atoms with Crippen LogP contribution in [0, 0.1) is 15.5 Å². The molecule has 0 aromatic heterocycles. The van der Waals surface area contributed by atoms with Crippen molar-refractivity contribution in [3.05, 3.63) is 33.4 Å². The van der Waals surface area contributed by atoms with Gasteiger partial charge in [0.15, 0.2) is 6.04 Å². The fourth-order valence-electron chi connectivity index (χ4n) is 2.23. The first-order valence-electron chi connectivity index (χ1n) is 8.13. The molecule has 11 heteroatoms. The summed E-state index contributed by atoms with van der Waals surface area (Å²) in [6.07, 6.45) is 1.20. The number of nitrogens with zero attached hydrogens (tertiary/aromatic N) is 2. The molecule has 1 aromatic carbocycles. The van der Waals surface area contributed by atoms with Crippen molar-refractivity contribution in [3.63, 3.8) is 0 Å². The van der Waals surface area contributed by atoms with E-state index in [0.717, 1.165) is 0 Å². The van der Waals surface area contributed by atoms with Gasteiger partial charge in [0.2, 0.25) is 0 Å². The van der Waals surface area contributed by atoms with Gasteiger partial charge in [-0.05, 0) is 10.8 Å². The third-order valence-corrected chi connectivity index (χ3v) is 3.56. The quantitative estimate of drug-likeness (QED) is 0.279. The second kappa shape index (κ2) is 9.88. The molecule has 0 amide bonds. The van der Waals surface area contributed by atoms with Gasteiger partial charge in [-0.25, -0.2) is 4.79 Å². The molecule has 0 spiro atoms. The predicted molar refractivity (Wildman–Crippen MR) is 98.5 cm³/mol. The van der Waals surface area contributed by atoms with Crippen LogP contribution in [0.25, 0.3) is 0 Å². The second-order valence-corrected chi connectivity index (χ2v) is 8.95. The Morgan fingerprint density at radius 1 is 1.29 bits per heavy atom. The van der Waals surface area contributed by atoms with E-state index in [1.165, 1.54) is 18.3 Å². The van der Waals surface area contributed by atoms with Crippen molar-refractivity contribution in [1.29, 1.82) is 0 Å². The normalized spacial score (nSPS) is 12.9. The molecule has 0 aliphatic rings. The number of aromatic hydroxyl groups is 1. The van der Waals surface area contributed by atoms with Gasteiger partial charge in [-0.3, -0.25) is 15.1 Å². The van der Waals surface area contributed by atoms with Gasteiger partial charge in [0.25, 0.3) is 5.69 Å². The monoisotopic (exact) mass is 438 g/mol. The molecule has 0 unspecified atom stereocenters. The Morgan fingerprint density at radius 3 is 2.07 bits per heavy atom. The Balaban J connectivity index is 0.00000165. The number of aliphatic carboxylic acids is 1. The molecule has 10 nitrogen and oxygen atoms in total. The van der Waals surface area contributed by atoms with Crippen LogP contribution >= 0.6 is 0 Å². The van der Waals surface area contributed by atoms with E-state index in [1.807, 2.05) is 20.8 Å². The molecule has 0 aliphatic heterocycles. The summed E-state index contributed by atoms with van der Waals surface area (Å²) in [6.45, 7) is 10.7. The zero-order valence-corrected chi connectivity index (χ0v) is 18.0. The maximum absolute atomic E-state index is 11.4. The van der Waals surface area contributed by atoms with Crippen molar-refractivity contribution in [2.24, 2.45) is 10.4 Å². The van der Waals surface area contributed by atoms with Crippen molar-refractivity contribution in [3.8, 4) is 5.75 Å². The zero-order chi connectivity index (χ0) is 22.4. The molecule has 1 atom stereocenters. The number of phenols is 1. The van der Waals surface area contributed by atoms with Crippen LogP contribution in [0.5, 0.6) is 5.75 Å². The van der Waals surface area contributed by atoms with E-state index in [4.69, 9.17) is 11.7 Å². The fourth-order valence-corrected chi connectivity index (χ4v) is 2.23. The first-order chi connectivity index (χ1) is 12.5. The molecule has 0 aliphatic carbocycles. The summed E-state index contributed by atoms with van der Waals surface area (Å²) < 4.78 is 21.9. The summed E-state index contributed by atoms with van der Waals surface area (Å²) in [7, 11) is 0. The molecule has 0 saturated heterocycles. The number of carbonyl (C=O) groups is 1. The van der Waals surface area contributed by atoms with Gasteiger partial charge in [0, 0.05) is 29.5 Å². The number of carboxylic acid groups (broad SMARTS) is 1. The molecule has 0 bridgehead atoms. The van der Waals surface area contributed by atoms with Crippen LogP contribution in [0.15, 0.2) is 17.1 Å². The van der Waals surface area contributed by atoms with Gasteiger partial charge in [0.1, 0.15) is 5.75 Å². The van der Waals surface area contributed by atoms with Crippen LogP contribution in [-0.4, -0.2) is 41.4 Å². The number of phenolic OH excluding ortho intramolecular Hbond substituents is 1. The molecule has 157 valence electrons. The number of aliphatic imine (C=N–C) groups is 1. The number of non-ortho nitro benzene ring substituents is 1. The van der Waals surface area contributed by atoms with Crippen LogP contribution in [0.3, 0.4) is 0 Å². The Bertz CT molecular complexity index is 775. The zero-order valence-electron chi connectivity index (χ0n) is 16.6. The average Bonchev–Trinajstić information content (AvgIpc) is 2.45. The van der Waals surface area contributed by atoms with Crippen molar-refractivity contribution >= 4 is 17.9 Å². The number of nitro groups is 1. The van der Waals surface area contributed by atoms with Crippen molar-refractivity contribution in [1.82, 2.24) is 0 Å².